The smallest absolute Gasteiger partial charge is 0.244 e. The summed E-state index contributed by atoms with van der Waals surface area (Å²) in [5.74, 6) is 1.83. The van der Waals surface area contributed by atoms with Crippen LogP contribution in [-0.2, 0) is 10.0 Å². The number of hydrogen-bond donors (Lipinski definition) is 0. The Bertz CT molecular complexity index is 700. The first kappa shape index (κ1) is 18.5. The van der Waals surface area contributed by atoms with Crippen molar-refractivity contribution < 1.29 is 12.8 Å². The summed E-state index contributed by atoms with van der Waals surface area (Å²) in [5.41, 5.74) is 0.290. The Morgan fingerprint density at radius 3 is 2.42 bits per heavy atom. The molecular weight excluding hydrogens is 371 g/mol. The molecule has 3 rings (SSSR count). The molecule has 24 heavy (non-hydrogen) atoms. The van der Waals surface area contributed by atoms with E-state index in [1.54, 1.807) is 6.92 Å². The van der Waals surface area contributed by atoms with E-state index in [-0.39, 0.29) is 9.92 Å². The fraction of sp³-hybridized carbons (Fsp3) is 0.625. The topological polar surface area (TPSA) is 40.6 Å². The van der Waals surface area contributed by atoms with Gasteiger partial charge in [-0.3, -0.25) is 4.90 Å². The molecule has 134 valence electrons. The van der Waals surface area contributed by atoms with Crippen molar-refractivity contribution in [2.75, 3.05) is 37.7 Å². The summed E-state index contributed by atoms with van der Waals surface area (Å²) >= 11 is 7.97. The summed E-state index contributed by atoms with van der Waals surface area (Å²) in [6.45, 7) is 4.70. The van der Waals surface area contributed by atoms with Gasteiger partial charge in [0, 0.05) is 43.7 Å². The molecule has 0 radical (unpaired) electrons. The van der Waals surface area contributed by atoms with Crippen molar-refractivity contribution in [3.63, 3.8) is 0 Å². The Balaban J connectivity index is 1.72. The van der Waals surface area contributed by atoms with Crippen LogP contribution in [0.5, 0.6) is 0 Å². The normalized spacial score (nSPS) is 22.0. The quantitative estimate of drug-likeness (QED) is 0.792. The maximum atomic E-state index is 13.5. The molecule has 0 aliphatic carbocycles. The highest BCUT2D eigenvalue weighted by Gasteiger charge is 2.33. The second kappa shape index (κ2) is 7.50. The van der Waals surface area contributed by atoms with Gasteiger partial charge in [0.05, 0.1) is 5.02 Å². The first-order valence-corrected chi connectivity index (χ1v) is 11.1. The van der Waals surface area contributed by atoms with Crippen LogP contribution in [0.3, 0.4) is 0 Å². The number of rotatable bonds is 3. The highest BCUT2D eigenvalue weighted by molar-refractivity contribution is 7.99. The first-order chi connectivity index (χ1) is 11.4. The van der Waals surface area contributed by atoms with E-state index in [0.29, 0.717) is 24.7 Å². The number of hydrogen-bond acceptors (Lipinski definition) is 4. The lowest BCUT2D eigenvalue weighted by molar-refractivity contribution is 0.151. The van der Waals surface area contributed by atoms with Crippen LogP contribution in [0.4, 0.5) is 4.39 Å². The zero-order valence-electron chi connectivity index (χ0n) is 13.7. The molecule has 0 spiro atoms. The molecule has 1 aromatic carbocycles. The molecule has 2 saturated heterocycles. The summed E-state index contributed by atoms with van der Waals surface area (Å²) < 4.78 is 40.7. The zero-order valence-corrected chi connectivity index (χ0v) is 16.1. The lowest BCUT2D eigenvalue weighted by Gasteiger charge is -2.39. The van der Waals surface area contributed by atoms with Crippen LogP contribution < -0.4 is 0 Å². The minimum Gasteiger partial charge on any atom is -0.299 e. The predicted octanol–water partition coefficient (Wildman–Crippen LogP) is 2.99. The van der Waals surface area contributed by atoms with Crippen LogP contribution in [0.25, 0.3) is 0 Å². The second-order valence-electron chi connectivity index (χ2n) is 6.32. The molecule has 2 aliphatic rings. The van der Waals surface area contributed by atoms with E-state index >= 15 is 0 Å². The second-order valence-corrected chi connectivity index (χ2v) is 9.85. The van der Waals surface area contributed by atoms with Crippen LogP contribution in [0, 0.1) is 12.7 Å². The summed E-state index contributed by atoms with van der Waals surface area (Å²) in [6.07, 6.45) is 1.67. The van der Waals surface area contributed by atoms with Crippen molar-refractivity contribution in [2.24, 2.45) is 0 Å². The summed E-state index contributed by atoms with van der Waals surface area (Å²) in [7, 11) is -3.67. The summed E-state index contributed by atoms with van der Waals surface area (Å²) in [4.78, 5) is 2.49. The lowest BCUT2D eigenvalue weighted by atomic mass is 10.0. The summed E-state index contributed by atoms with van der Waals surface area (Å²) in [5, 5.41) is -0.0479. The number of benzene rings is 1. The third-order valence-corrected chi connectivity index (χ3v) is 8.12. The van der Waals surface area contributed by atoms with Gasteiger partial charge in [-0.05, 0) is 37.5 Å². The minimum absolute atomic E-state index is 0.0101. The molecular formula is C16H22ClFN2O2S2. The molecule has 0 aromatic heterocycles. The van der Waals surface area contributed by atoms with Gasteiger partial charge in [0.1, 0.15) is 10.7 Å². The van der Waals surface area contributed by atoms with E-state index in [9.17, 15) is 12.8 Å². The van der Waals surface area contributed by atoms with Crippen molar-refractivity contribution in [1.29, 1.82) is 0 Å². The van der Waals surface area contributed by atoms with Crippen LogP contribution >= 0.6 is 23.4 Å². The van der Waals surface area contributed by atoms with E-state index in [0.717, 1.165) is 43.5 Å². The van der Waals surface area contributed by atoms with Gasteiger partial charge in [-0.25, -0.2) is 12.8 Å². The highest BCUT2D eigenvalue weighted by atomic mass is 35.5. The van der Waals surface area contributed by atoms with E-state index in [2.05, 4.69) is 4.90 Å². The fourth-order valence-electron chi connectivity index (χ4n) is 3.36. The first-order valence-electron chi connectivity index (χ1n) is 8.17. The van der Waals surface area contributed by atoms with Crippen LogP contribution in [-0.4, -0.2) is 61.3 Å². The fourth-order valence-corrected chi connectivity index (χ4v) is 6.33. The summed E-state index contributed by atoms with van der Waals surface area (Å²) in [6, 6.07) is 2.88. The molecule has 2 fully saturated rings. The average Bonchev–Trinajstić information content (AvgIpc) is 2.59. The molecule has 0 N–H and O–H groups in total. The number of halogens is 2. The molecule has 4 nitrogen and oxygen atoms in total. The maximum Gasteiger partial charge on any atom is 0.244 e. The van der Waals surface area contributed by atoms with Crippen molar-refractivity contribution >= 4 is 33.4 Å². The number of nitrogens with zero attached hydrogens (tertiary/aromatic N) is 2. The molecule has 0 bridgehead atoms. The molecule has 0 saturated carbocycles. The minimum atomic E-state index is -3.67. The van der Waals surface area contributed by atoms with Gasteiger partial charge in [0.25, 0.3) is 0 Å². The monoisotopic (exact) mass is 392 g/mol. The molecule has 2 heterocycles. The molecule has 0 atom stereocenters. The van der Waals surface area contributed by atoms with Gasteiger partial charge in [-0.15, -0.1) is 0 Å². The number of aryl methyl sites for hydroxylation is 1. The van der Waals surface area contributed by atoms with Gasteiger partial charge < -0.3 is 0 Å². The lowest BCUT2D eigenvalue weighted by Crippen LogP contribution is -2.49. The maximum absolute atomic E-state index is 13.5. The molecule has 1 aromatic rings. The molecule has 2 aliphatic heterocycles. The van der Waals surface area contributed by atoms with E-state index < -0.39 is 15.8 Å². The molecule has 0 amide bonds. The Morgan fingerprint density at radius 1 is 1.17 bits per heavy atom. The third kappa shape index (κ3) is 3.75. The average molecular weight is 393 g/mol. The predicted molar refractivity (Wildman–Crippen MR) is 96.8 cm³/mol. The van der Waals surface area contributed by atoms with Gasteiger partial charge in [0.15, 0.2) is 0 Å². The number of thioether (sulfide) groups is 1. The largest absolute Gasteiger partial charge is 0.299 e. The van der Waals surface area contributed by atoms with Gasteiger partial charge in [-0.2, -0.15) is 16.1 Å². The van der Waals surface area contributed by atoms with Crippen molar-refractivity contribution in [2.45, 2.75) is 30.7 Å². The van der Waals surface area contributed by atoms with Gasteiger partial charge in [-0.1, -0.05) is 11.6 Å². The van der Waals surface area contributed by atoms with Gasteiger partial charge >= 0.3 is 0 Å². The Hall–Kier alpha value is -0.340. The Labute approximate surface area is 152 Å². The number of piperidine rings is 1. The van der Waals surface area contributed by atoms with Gasteiger partial charge in [0.2, 0.25) is 10.0 Å². The van der Waals surface area contributed by atoms with Crippen LogP contribution in [0.1, 0.15) is 18.4 Å². The zero-order chi connectivity index (χ0) is 17.3. The Morgan fingerprint density at radius 2 is 1.79 bits per heavy atom. The highest BCUT2D eigenvalue weighted by Crippen LogP contribution is 2.30. The van der Waals surface area contributed by atoms with Crippen LogP contribution in [0.2, 0.25) is 5.02 Å². The third-order valence-electron chi connectivity index (χ3n) is 4.82. The van der Waals surface area contributed by atoms with Crippen LogP contribution in [0.15, 0.2) is 17.0 Å². The van der Waals surface area contributed by atoms with E-state index in [1.807, 2.05) is 11.8 Å². The SMILES string of the molecule is Cc1cc(S(=O)(=O)N2CCC(N3CCSCC3)CC2)c(Cl)cc1F. The number of sulfonamides is 1. The van der Waals surface area contributed by atoms with Crippen molar-refractivity contribution in [3.8, 4) is 0 Å². The van der Waals surface area contributed by atoms with E-state index in [1.165, 1.54) is 10.4 Å². The Kier molecular flexibility index (Phi) is 5.76. The molecule has 8 heteroatoms. The molecule has 0 unspecified atom stereocenters. The standard InChI is InChI=1S/C16H22ClFN2O2S2/c1-12-10-16(14(17)11-15(12)18)24(21,22)20-4-2-13(3-5-20)19-6-8-23-9-7-19/h10-11,13H,2-9H2,1H3. The van der Waals surface area contributed by atoms with Crippen molar-refractivity contribution in [3.05, 3.63) is 28.5 Å². The van der Waals surface area contributed by atoms with Crippen molar-refractivity contribution in [1.82, 2.24) is 9.21 Å². The van der Waals surface area contributed by atoms with E-state index in [4.69, 9.17) is 11.6 Å².